The highest BCUT2D eigenvalue weighted by Crippen LogP contribution is 2.29. The molecular formula is C27H31N5O2. The highest BCUT2D eigenvalue weighted by atomic mass is 16.5. The molecule has 0 amide bonds. The van der Waals surface area contributed by atoms with Crippen molar-refractivity contribution in [1.29, 1.82) is 0 Å². The van der Waals surface area contributed by atoms with E-state index in [1.807, 2.05) is 10.9 Å². The number of hydrogen-bond donors (Lipinski definition) is 2. The molecule has 176 valence electrons. The van der Waals surface area contributed by atoms with Crippen LogP contribution in [-0.4, -0.2) is 50.5 Å². The van der Waals surface area contributed by atoms with Gasteiger partial charge < -0.3 is 20.5 Å². The number of ether oxygens (including phenoxy) is 1. The predicted octanol–water partition coefficient (Wildman–Crippen LogP) is 3.66. The summed E-state index contributed by atoms with van der Waals surface area (Å²) in [6.07, 6.45) is 8.83. The molecule has 3 N–H and O–H groups in total. The maximum atomic E-state index is 10.0. The third kappa shape index (κ3) is 5.84. The molecule has 3 heterocycles. The van der Waals surface area contributed by atoms with Crippen LogP contribution >= 0.6 is 0 Å². The van der Waals surface area contributed by atoms with Crippen LogP contribution in [0.25, 0.3) is 11.1 Å². The smallest absolute Gasteiger partial charge is 0.166 e. The minimum atomic E-state index is -2.20. The van der Waals surface area contributed by atoms with Crippen molar-refractivity contribution in [2.75, 3.05) is 25.9 Å². The van der Waals surface area contributed by atoms with Crippen molar-refractivity contribution < 1.29 is 12.6 Å². The van der Waals surface area contributed by atoms with Gasteiger partial charge in [-0.05, 0) is 69.7 Å². The molecule has 1 aliphatic rings. The van der Waals surface area contributed by atoms with Crippen LogP contribution in [0.1, 0.15) is 39.7 Å². The summed E-state index contributed by atoms with van der Waals surface area (Å²) in [6.45, 7) is 4.96. The minimum Gasteiger partial charge on any atom is -0.485 e. The van der Waals surface area contributed by atoms with E-state index in [0.29, 0.717) is 11.6 Å². The SMILES string of the molecule is [2H]C([2H])(Oc1cc(-c2cnn(C3CCN(C)CC3)c2)cnc1N)c1cccc(C#CC(C)(O)C=C)c1. The van der Waals surface area contributed by atoms with Gasteiger partial charge in [0.1, 0.15) is 12.2 Å². The molecule has 7 nitrogen and oxygen atoms in total. The fourth-order valence-corrected chi connectivity index (χ4v) is 3.67. The van der Waals surface area contributed by atoms with E-state index in [-0.39, 0.29) is 17.1 Å². The highest BCUT2D eigenvalue weighted by molar-refractivity contribution is 5.65. The van der Waals surface area contributed by atoms with E-state index in [0.717, 1.165) is 37.1 Å². The van der Waals surface area contributed by atoms with E-state index in [9.17, 15) is 5.11 Å². The Kier molecular flexibility index (Phi) is 6.24. The number of nitrogens with two attached hydrogens (primary N) is 1. The van der Waals surface area contributed by atoms with Gasteiger partial charge in [0.2, 0.25) is 0 Å². The molecule has 1 unspecified atom stereocenters. The highest BCUT2D eigenvalue weighted by Gasteiger charge is 2.19. The summed E-state index contributed by atoms with van der Waals surface area (Å²) in [5.41, 5.74) is 7.08. The molecule has 3 aromatic rings. The zero-order valence-corrected chi connectivity index (χ0v) is 19.5. The Morgan fingerprint density at radius 3 is 2.88 bits per heavy atom. The van der Waals surface area contributed by atoms with E-state index >= 15 is 0 Å². The first kappa shape index (κ1) is 21.0. The first-order valence-corrected chi connectivity index (χ1v) is 11.2. The van der Waals surface area contributed by atoms with Crippen molar-refractivity contribution in [2.24, 2.45) is 0 Å². The van der Waals surface area contributed by atoms with Crippen LogP contribution in [0.15, 0.2) is 61.6 Å². The van der Waals surface area contributed by atoms with Crippen molar-refractivity contribution in [3.05, 3.63) is 72.7 Å². The fourth-order valence-electron chi connectivity index (χ4n) is 3.67. The minimum absolute atomic E-state index is 0.0864. The van der Waals surface area contributed by atoms with Crippen molar-refractivity contribution in [3.8, 4) is 28.7 Å². The van der Waals surface area contributed by atoms with Gasteiger partial charge in [0, 0.05) is 29.1 Å². The van der Waals surface area contributed by atoms with E-state index in [1.54, 1.807) is 42.7 Å². The number of benzene rings is 1. The molecule has 7 heteroatoms. The number of aliphatic hydroxyl groups is 1. The summed E-state index contributed by atoms with van der Waals surface area (Å²) in [5, 5.41) is 14.6. The zero-order valence-electron chi connectivity index (χ0n) is 21.5. The Balaban J connectivity index is 1.55. The molecule has 0 aliphatic carbocycles. The normalized spacial score (nSPS) is 17.6. The van der Waals surface area contributed by atoms with Gasteiger partial charge in [-0.15, -0.1) is 0 Å². The number of rotatable bonds is 6. The monoisotopic (exact) mass is 459 g/mol. The molecule has 1 fully saturated rings. The van der Waals surface area contributed by atoms with Crippen LogP contribution in [0.4, 0.5) is 5.82 Å². The van der Waals surface area contributed by atoms with Gasteiger partial charge in [-0.25, -0.2) is 4.98 Å². The molecule has 1 atom stereocenters. The van der Waals surface area contributed by atoms with Crippen LogP contribution in [0.3, 0.4) is 0 Å². The van der Waals surface area contributed by atoms with Gasteiger partial charge in [0.05, 0.1) is 15.0 Å². The fraction of sp³-hybridized carbons (Fsp3) is 0.333. The topological polar surface area (TPSA) is 89.4 Å². The molecule has 1 aliphatic heterocycles. The molecule has 1 aromatic carbocycles. The average molecular weight is 460 g/mol. The van der Waals surface area contributed by atoms with E-state index in [1.165, 1.54) is 13.0 Å². The lowest BCUT2D eigenvalue weighted by Gasteiger charge is -2.28. The van der Waals surface area contributed by atoms with Gasteiger partial charge in [-0.3, -0.25) is 4.68 Å². The van der Waals surface area contributed by atoms with Crippen molar-refractivity contribution in [2.45, 2.75) is 38.0 Å². The Hall–Kier alpha value is -3.60. The predicted molar refractivity (Wildman–Crippen MR) is 134 cm³/mol. The van der Waals surface area contributed by atoms with Crippen molar-refractivity contribution in [1.82, 2.24) is 19.7 Å². The molecule has 34 heavy (non-hydrogen) atoms. The quantitative estimate of drug-likeness (QED) is 0.432. The van der Waals surface area contributed by atoms with Crippen LogP contribution in [0, 0.1) is 11.8 Å². The lowest BCUT2D eigenvalue weighted by Crippen LogP contribution is -2.31. The van der Waals surface area contributed by atoms with Crippen LogP contribution < -0.4 is 10.5 Å². The number of piperidine rings is 1. The molecule has 0 bridgehead atoms. The first-order valence-electron chi connectivity index (χ1n) is 12.2. The van der Waals surface area contributed by atoms with Crippen molar-refractivity contribution in [3.63, 3.8) is 0 Å². The van der Waals surface area contributed by atoms with Crippen LogP contribution in [0.2, 0.25) is 0 Å². The summed E-state index contributed by atoms with van der Waals surface area (Å²) in [4.78, 5) is 6.55. The Bertz CT molecular complexity index is 1300. The number of pyridine rings is 1. The first-order chi connectivity index (χ1) is 17.1. The molecule has 0 spiro atoms. The lowest BCUT2D eigenvalue weighted by atomic mass is 10.1. The second-order valence-corrected chi connectivity index (χ2v) is 8.74. The Morgan fingerprint density at radius 1 is 1.32 bits per heavy atom. The molecule has 1 saturated heterocycles. The van der Waals surface area contributed by atoms with Gasteiger partial charge in [0.15, 0.2) is 11.6 Å². The second-order valence-electron chi connectivity index (χ2n) is 8.74. The standard InChI is InChI=1S/C27H31N5O2/c1-4-27(2,33)11-8-20-6-5-7-21(14-20)19-34-25-15-22(16-29-26(25)28)23-17-30-32(18-23)24-9-12-31(3)13-10-24/h4-7,14-18,24,33H,1,9-10,12-13,19H2,2-3H3,(H2,28,29)/i19D2. The number of nitrogen functional groups attached to an aromatic ring is 1. The Morgan fingerprint density at radius 2 is 2.12 bits per heavy atom. The number of hydrogen-bond acceptors (Lipinski definition) is 6. The number of aromatic nitrogens is 3. The van der Waals surface area contributed by atoms with E-state index in [4.69, 9.17) is 13.2 Å². The van der Waals surface area contributed by atoms with Gasteiger partial charge in [0.25, 0.3) is 0 Å². The number of nitrogens with zero attached hydrogens (tertiary/aromatic N) is 4. The zero-order chi connectivity index (χ0) is 25.9. The molecular weight excluding hydrogens is 426 g/mol. The van der Waals surface area contributed by atoms with Gasteiger partial charge in [-0.1, -0.05) is 30.6 Å². The summed E-state index contributed by atoms with van der Waals surface area (Å²) < 4.78 is 24.8. The van der Waals surface area contributed by atoms with Crippen LogP contribution in [0.5, 0.6) is 5.75 Å². The molecule has 0 saturated carbocycles. The Labute approximate surface area is 203 Å². The molecule has 4 rings (SSSR count). The van der Waals surface area contributed by atoms with Gasteiger partial charge >= 0.3 is 0 Å². The van der Waals surface area contributed by atoms with Crippen molar-refractivity contribution >= 4 is 5.82 Å². The lowest BCUT2D eigenvalue weighted by molar-refractivity contribution is 0.175. The largest absolute Gasteiger partial charge is 0.485 e. The van der Waals surface area contributed by atoms with Crippen LogP contribution in [-0.2, 0) is 6.56 Å². The number of anilines is 1. The third-order valence-corrected chi connectivity index (χ3v) is 5.88. The molecule has 0 radical (unpaired) electrons. The maximum Gasteiger partial charge on any atom is 0.166 e. The van der Waals surface area contributed by atoms with E-state index in [2.05, 4.69) is 40.5 Å². The summed E-state index contributed by atoms with van der Waals surface area (Å²) in [5.74, 6) is 5.76. The summed E-state index contributed by atoms with van der Waals surface area (Å²) in [7, 11) is 2.13. The molecule has 2 aromatic heterocycles. The summed E-state index contributed by atoms with van der Waals surface area (Å²) >= 11 is 0. The second kappa shape index (κ2) is 10.1. The maximum absolute atomic E-state index is 10.0. The van der Waals surface area contributed by atoms with E-state index < -0.39 is 12.2 Å². The number of likely N-dealkylation sites (tertiary alicyclic amines) is 1. The third-order valence-electron chi connectivity index (χ3n) is 5.88. The average Bonchev–Trinajstić information content (AvgIpc) is 3.35. The van der Waals surface area contributed by atoms with Gasteiger partial charge in [-0.2, -0.15) is 5.10 Å². The summed E-state index contributed by atoms with van der Waals surface area (Å²) in [6, 6.07) is 8.62.